The Kier molecular flexibility index (Phi) is 5.21. The second-order valence-corrected chi connectivity index (χ2v) is 8.03. The average Bonchev–Trinajstić information content (AvgIpc) is 3.09. The normalized spacial score (nSPS) is 23.2. The highest BCUT2D eigenvalue weighted by molar-refractivity contribution is 7.80. The van der Waals surface area contributed by atoms with E-state index in [2.05, 4.69) is 17.6 Å². The van der Waals surface area contributed by atoms with E-state index < -0.39 is 0 Å². The number of hydrogen-bond donors (Lipinski definition) is 2. The number of fused-ring (bicyclic) bond motifs is 1. The molecule has 0 aliphatic heterocycles. The van der Waals surface area contributed by atoms with Crippen LogP contribution in [0.2, 0.25) is 0 Å². The summed E-state index contributed by atoms with van der Waals surface area (Å²) < 4.78 is 4.97. The van der Waals surface area contributed by atoms with Crippen LogP contribution in [0.4, 0.5) is 5.00 Å². The number of rotatable bonds is 3. The predicted octanol–water partition coefficient (Wildman–Crippen LogP) is 3.89. The third-order valence-corrected chi connectivity index (χ3v) is 6.39. The highest BCUT2D eigenvalue weighted by Crippen LogP contribution is 2.39. The Bertz CT molecular complexity index is 612. The van der Waals surface area contributed by atoms with Gasteiger partial charge in [-0.25, -0.2) is 4.79 Å². The molecule has 0 aromatic carbocycles. The fraction of sp³-hybridized carbons (Fsp3) is 0.647. The lowest BCUT2D eigenvalue weighted by molar-refractivity contribution is 0.0601. The number of esters is 1. The maximum absolute atomic E-state index is 12.2. The van der Waals surface area contributed by atoms with Gasteiger partial charge in [0, 0.05) is 10.9 Å². The van der Waals surface area contributed by atoms with Gasteiger partial charge >= 0.3 is 5.97 Å². The van der Waals surface area contributed by atoms with E-state index in [4.69, 9.17) is 17.0 Å². The minimum atomic E-state index is -0.263. The Hall–Kier alpha value is -1.14. The van der Waals surface area contributed by atoms with Crippen molar-refractivity contribution in [3.63, 3.8) is 0 Å². The Morgan fingerprint density at radius 3 is 2.78 bits per heavy atom. The number of aryl methyl sites for hydroxylation is 1. The molecule has 2 N–H and O–H groups in total. The molecule has 2 aliphatic rings. The zero-order chi connectivity index (χ0) is 16.4. The Morgan fingerprint density at radius 2 is 2.04 bits per heavy atom. The van der Waals surface area contributed by atoms with Crippen molar-refractivity contribution in [3.8, 4) is 0 Å². The van der Waals surface area contributed by atoms with Crippen molar-refractivity contribution < 1.29 is 9.53 Å². The third-order valence-electron chi connectivity index (χ3n) is 4.97. The SMILES string of the molecule is COC(=O)c1c(NC(=S)N[C@@H]2CCCC[C@H]2C)sc2c1CCC2. The molecule has 0 saturated heterocycles. The van der Waals surface area contributed by atoms with Crippen molar-refractivity contribution in [2.75, 3.05) is 12.4 Å². The molecular formula is C17H24N2O2S2. The Labute approximate surface area is 147 Å². The molecule has 1 heterocycles. The molecule has 0 spiro atoms. The van der Waals surface area contributed by atoms with Crippen LogP contribution < -0.4 is 10.6 Å². The van der Waals surface area contributed by atoms with E-state index in [1.165, 1.54) is 31.2 Å². The molecule has 126 valence electrons. The topological polar surface area (TPSA) is 50.4 Å². The summed E-state index contributed by atoms with van der Waals surface area (Å²) in [6, 6.07) is 0.428. The van der Waals surface area contributed by atoms with Crippen molar-refractivity contribution in [2.24, 2.45) is 5.92 Å². The monoisotopic (exact) mass is 352 g/mol. The molecule has 0 amide bonds. The highest BCUT2D eigenvalue weighted by Gasteiger charge is 2.28. The maximum Gasteiger partial charge on any atom is 0.341 e. The van der Waals surface area contributed by atoms with Crippen molar-refractivity contribution in [2.45, 2.75) is 57.9 Å². The molecule has 1 aromatic rings. The summed E-state index contributed by atoms with van der Waals surface area (Å²) >= 11 is 7.14. The molecule has 0 bridgehead atoms. The lowest BCUT2D eigenvalue weighted by Gasteiger charge is -2.30. The van der Waals surface area contributed by atoms with E-state index in [0.29, 0.717) is 22.6 Å². The molecule has 0 radical (unpaired) electrons. The number of methoxy groups -OCH3 is 1. The first-order valence-corrected chi connectivity index (χ1v) is 9.63. The van der Waals surface area contributed by atoms with E-state index in [-0.39, 0.29) is 5.97 Å². The van der Waals surface area contributed by atoms with E-state index in [0.717, 1.165) is 36.2 Å². The number of hydrogen-bond acceptors (Lipinski definition) is 4. The van der Waals surface area contributed by atoms with Crippen molar-refractivity contribution >= 4 is 39.6 Å². The lowest BCUT2D eigenvalue weighted by Crippen LogP contribution is -2.43. The molecule has 6 heteroatoms. The van der Waals surface area contributed by atoms with Crippen LogP contribution in [0.1, 0.15) is 59.8 Å². The Morgan fingerprint density at radius 1 is 1.26 bits per heavy atom. The summed E-state index contributed by atoms with van der Waals surface area (Å²) in [5.74, 6) is 0.373. The first-order valence-electron chi connectivity index (χ1n) is 8.40. The van der Waals surface area contributed by atoms with Crippen LogP contribution in [0.5, 0.6) is 0 Å². The largest absolute Gasteiger partial charge is 0.465 e. The van der Waals surface area contributed by atoms with E-state index in [1.54, 1.807) is 11.3 Å². The molecular weight excluding hydrogens is 328 g/mol. The molecule has 1 aromatic heterocycles. The second-order valence-electron chi connectivity index (χ2n) is 6.52. The number of nitrogens with one attached hydrogen (secondary N) is 2. The molecule has 1 fully saturated rings. The number of anilines is 1. The average molecular weight is 353 g/mol. The standard InChI is InChI=1S/C17H24N2O2S2/c1-10-6-3-4-8-12(10)18-17(22)19-15-14(16(20)21-2)11-7-5-9-13(11)23-15/h10,12H,3-9H2,1-2H3,(H2,18,19,22)/t10-,12-/m1/s1. The van der Waals surface area contributed by atoms with Crippen molar-refractivity contribution in [1.82, 2.24) is 5.32 Å². The summed E-state index contributed by atoms with van der Waals surface area (Å²) in [5.41, 5.74) is 1.84. The molecule has 0 unspecified atom stereocenters. The number of thiocarbonyl (C=S) groups is 1. The Balaban J connectivity index is 1.72. The van der Waals surface area contributed by atoms with Crippen molar-refractivity contribution in [3.05, 3.63) is 16.0 Å². The fourth-order valence-electron chi connectivity index (χ4n) is 3.65. The zero-order valence-corrected chi connectivity index (χ0v) is 15.4. The van der Waals surface area contributed by atoms with E-state index in [9.17, 15) is 4.79 Å². The van der Waals surface area contributed by atoms with E-state index in [1.807, 2.05) is 0 Å². The van der Waals surface area contributed by atoms with E-state index >= 15 is 0 Å². The minimum Gasteiger partial charge on any atom is -0.465 e. The molecule has 2 aliphatic carbocycles. The highest BCUT2D eigenvalue weighted by atomic mass is 32.1. The zero-order valence-electron chi connectivity index (χ0n) is 13.7. The van der Waals surface area contributed by atoms with Gasteiger partial charge in [0.1, 0.15) is 5.00 Å². The van der Waals surface area contributed by atoms with Gasteiger partial charge in [-0.05, 0) is 55.8 Å². The number of carbonyl (C=O) groups excluding carboxylic acids is 1. The van der Waals surface area contributed by atoms with Gasteiger partial charge in [-0.3, -0.25) is 0 Å². The molecule has 23 heavy (non-hydrogen) atoms. The summed E-state index contributed by atoms with van der Waals surface area (Å²) in [5, 5.41) is 8.16. The molecule has 3 rings (SSSR count). The van der Waals surface area contributed by atoms with Gasteiger partial charge in [0.15, 0.2) is 5.11 Å². The van der Waals surface area contributed by atoms with Crippen LogP contribution in [-0.2, 0) is 17.6 Å². The van der Waals surface area contributed by atoms with Crippen LogP contribution >= 0.6 is 23.6 Å². The van der Waals surface area contributed by atoms with Gasteiger partial charge in [-0.1, -0.05) is 19.8 Å². The van der Waals surface area contributed by atoms with Gasteiger partial charge in [0.25, 0.3) is 0 Å². The first kappa shape index (κ1) is 16.7. The van der Waals surface area contributed by atoms with Crippen LogP contribution in [-0.4, -0.2) is 24.2 Å². The van der Waals surface area contributed by atoms with Gasteiger partial charge in [-0.15, -0.1) is 11.3 Å². The van der Waals surface area contributed by atoms with Gasteiger partial charge in [-0.2, -0.15) is 0 Å². The summed E-state index contributed by atoms with van der Waals surface area (Å²) in [4.78, 5) is 13.5. The summed E-state index contributed by atoms with van der Waals surface area (Å²) in [7, 11) is 1.44. The predicted molar refractivity (Wildman–Crippen MR) is 98.5 cm³/mol. The van der Waals surface area contributed by atoms with Crippen LogP contribution in [0.3, 0.4) is 0 Å². The summed E-state index contributed by atoms with van der Waals surface area (Å²) in [6.45, 7) is 2.28. The molecule has 2 atom stereocenters. The van der Waals surface area contributed by atoms with Gasteiger partial charge < -0.3 is 15.4 Å². The van der Waals surface area contributed by atoms with Crippen LogP contribution in [0.15, 0.2) is 0 Å². The summed E-state index contributed by atoms with van der Waals surface area (Å²) in [6.07, 6.45) is 8.10. The van der Waals surface area contributed by atoms with Gasteiger partial charge in [0.2, 0.25) is 0 Å². The molecule has 1 saturated carbocycles. The lowest BCUT2D eigenvalue weighted by atomic mass is 9.86. The number of ether oxygens (including phenoxy) is 1. The second kappa shape index (κ2) is 7.18. The quantitative estimate of drug-likeness (QED) is 0.638. The molecule has 4 nitrogen and oxygen atoms in total. The van der Waals surface area contributed by atoms with Gasteiger partial charge in [0.05, 0.1) is 12.7 Å². The van der Waals surface area contributed by atoms with Crippen LogP contribution in [0, 0.1) is 5.92 Å². The third kappa shape index (κ3) is 3.53. The smallest absolute Gasteiger partial charge is 0.341 e. The van der Waals surface area contributed by atoms with Crippen LogP contribution in [0.25, 0.3) is 0 Å². The first-order chi connectivity index (χ1) is 11.1. The van der Waals surface area contributed by atoms with Crippen molar-refractivity contribution in [1.29, 1.82) is 0 Å². The maximum atomic E-state index is 12.2. The fourth-order valence-corrected chi connectivity index (χ4v) is 5.25. The minimum absolute atomic E-state index is 0.263. The number of thiophene rings is 1. The number of carbonyl (C=O) groups is 1.